The second kappa shape index (κ2) is 17.4. The smallest absolute Gasteiger partial charge is 0.332 e. The second-order valence-electron chi connectivity index (χ2n) is 18.6. The summed E-state index contributed by atoms with van der Waals surface area (Å²) in [4.78, 5) is 47.0. The van der Waals surface area contributed by atoms with Crippen molar-refractivity contribution in [3.63, 3.8) is 0 Å². The first-order valence-corrected chi connectivity index (χ1v) is 21.2. The van der Waals surface area contributed by atoms with E-state index in [0.717, 1.165) is 57.2 Å². The Kier molecular flexibility index (Phi) is 13.0. The van der Waals surface area contributed by atoms with Crippen LogP contribution in [0.15, 0.2) is 42.5 Å². The second-order valence-corrected chi connectivity index (χ2v) is 18.6. The molecule has 1 aromatic heterocycles. The van der Waals surface area contributed by atoms with E-state index in [-0.39, 0.29) is 41.4 Å². The number of esters is 1. The third-order valence-electron chi connectivity index (χ3n) is 12.6. The molecule has 4 aliphatic carbocycles. The van der Waals surface area contributed by atoms with Gasteiger partial charge in [0.1, 0.15) is 22.6 Å². The zero-order valence-corrected chi connectivity index (χ0v) is 36.4. The number of hydrogen-bond donors (Lipinski definition) is 2. The van der Waals surface area contributed by atoms with Gasteiger partial charge in [-0.2, -0.15) is 5.10 Å². The molecule has 316 valence electrons. The molecule has 4 aliphatic rings. The van der Waals surface area contributed by atoms with Crippen LogP contribution in [-0.2, 0) is 9.53 Å². The topological polar surface area (TPSA) is 141 Å². The van der Waals surface area contributed by atoms with Crippen LogP contribution in [0, 0.1) is 23.7 Å². The summed E-state index contributed by atoms with van der Waals surface area (Å²) in [5.41, 5.74) is 7.60. The Morgan fingerprint density at radius 1 is 0.914 bits per heavy atom. The lowest BCUT2D eigenvalue weighted by Gasteiger charge is -2.59. The van der Waals surface area contributed by atoms with Gasteiger partial charge in [0.05, 0.1) is 31.2 Å². The van der Waals surface area contributed by atoms with Crippen LogP contribution in [0.2, 0.25) is 0 Å². The Labute approximate surface area is 345 Å². The average Bonchev–Trinajstić information content (AvgIpc) is 3.61. The Balaban J connectivity index is 1.38. The molecular weight excluding hydrogens is 733 g/mol. The minimum atomic E-state index is -1.14. The summed E-state index contributed by atoms with van der Waals surface area (Å²) in [6.45, 7) is 14.2. The van der Waals surface area contributed by atoms with Gasteiger partial charge < -0.3 is 35.1 Å². The summed E-state index contributed by atoms with van der Waals surface area (Å²) in [5, 5.41) is 8.34. The molecule has 4 fully saturated rings. The molecule has 3 N–H and O–H groups in total. The molecule has 0 radical (unpaired) electrons. The SMILES string of the molecule is COc1cccc(OC)c1-c1cc(C(=O)NC2(C(=O)OC(C)(C)C)C3CC4CC(C3)CC2C4)nn1-c1ccc(C(=O)N(C)CCCN(C)CCC(C)N)cc1C(C)C. The van der Waals surface area contributed by atoms with Gasteiger partial charge in [-0.3, -0.25) is 9.59 Å². The van der Waals surface area contributed by atoms with E-state index in [1.807, 2.05) is 71.1 Å². The first kappa shape index (κ1) is 43.2. The summed E-state index contributed by atoms with van der Waals surface area (Å²) in [6, 6.07) is 13.1. The minimum Gasteiger partial charge on any atom is -0.496 e. The normalized spacial score (nSPS) is 22.9. The van der Waals surface area contributed by atoms with Crippen LogP contribution >= 0.6 is 0 Å². The van der Waals surface area contributed by atoms with Crippen LogP contribution < -0.4 is 20.5 Å². The number of carbonyl (C=O) groups is 3. The van der Waals surface area contributed by atoms with Crippen LogP contribution in [0.5, 0.6) is 11.5 Å². The summed E-state index contributed by atoms with van der Waals surface area (Å²) in [7, 11) is 7.11. The number of nitrogens with one attached hydrogen (secondary N) is 1. The maximum absolute atomic E-state index is 14.8. The molecule has 4 bridgehead atoms. The molecule has 1 heterocycles. The van der Waals surface area contributed by atoms with Gasteiger partial charge in [-0.25, -0.2) is 9.48 Å². The number of nitrogens with two attached hydrogens (primary N) is 1. The highest BCUT2D eigenvalue weighted by molar-refractivity contribution is 5.99. The van der Waals surface area contributed by atoms with Crippen LogP contribution in [0.25, 0.3) is 16.9 Å². The van der Waals surface area contributed by atoms with Crippen molar-refractivity contribution < 1.29 is 28.6 Å². The molecule has 58 heavy (non-hydrogen) atoms. The lowest BCUT2D eigenvalue weighted by atomic mass is 9.48. The predicted octanol–water partition coefficient (Wildman–Crippen LogP) is 7.08. The molecule has 2 aromatic carbocycles. The van der Waals surface area contributed by atoms with E-state index in [1.165, 1.54) is 6.42 Å². The largest absolute Gasteiger partial charge is 0.496 e. The molecule has 12 heteroatoms. The average molecular weight is 799 g/mol. The third-order valence-corrected chi connectivity index (χ3v) is 12.6. The number of rotatable bonds is 16. The molecule has 0 saturated heterocycles. The Hall–Kier alpha value is -4.42. The van der Waals surface area contributed by atoms with Gasteiger partial charge in [0.25, 0.3) is 11.8 Å². The molecule has 3 aromatic rings. The minimum absolute atomic E-state index is 0.00457. The number of hydrogen-bond acceptors (Lipinski definition) is 9. The first-order valence-electron chi connectivity index (χ1n) is 21.2. The highest BCUT2D eigenvalue weighted by atomic mass is 16.6. The quantitative estimate of drug-likeness (QED) is 0.146. The van der Waals surface area contributed by atoms with Gasteiger partial charge in [-0.15, -0.1) is 0 Å². The fraction of sp³-hybridized carbons (Fsp3) is 0.609. The maximum Gasteiger partial charge on any atom is 0.332 e. The van der Waals surface area contributed by atoms with Crippen LogP contribution in [0.1, 0.15) is 119 Å². The number of methoxy groups -OCH3 is 2. The van der Waals surface area contributed by atoms with Crippen molar-refractivity contribution in [1.29, 1.82) is 0 Å². The van der Waals surface area contributed by atoms with Gasteiger partial charge in [0.15, 0.2) is 5.69 Å². The first-order chi connectivity index (χ1) is 27.4. The van der Waals surface area contributed by atoms with Crippen molar-refractivity contribution in [3.8, 4) is 28.4 Å². The highest BCUT2D eigenvalue weighted by Crippen LogP contribution is 2.59. The van der Waals surface area contributed by atoms with E-state index < -0.39 is 17.0 Å². The van der Waals surface area contributed by atoms with Gasteiger partial charge >= 0.3 is 5.97 Å². The van der Waals surface area contributed by atoms with Gasteiger partial charge in [-0.1, -0.05) is 19.9 Å². The molecule has 7 rings (SSSR count). The fourth-order valence-corrected chi connectivity index (χ4v) is 9.87. The van der Waals surface area contributed by atoms with Crippen molar-refractivity contribution in [2.24, 2.45) is 29.4 Å². The van der Waals surface area contributed by atoms with Crippen molar-refractivity contribution in [3.05, 3.63) is 59.3 Å². The zero-order chi connectivity index (χ0) is 42.1. The maximum atomic E-state index is 14.8. The number of amides is 2. The zero-order valence-electron chi connectivity index (χ0n) is 36.4. The lowest BCUT2D eigenvalue weighted by molar-refractivity contribution is -0.180. The van der Waals surface area contributed by atoms with Crippen molar-refractivity contribution >= 4 is 17.8 Å². The van der Waals surface area contributed by atoms with Crippen molar-refractivity contribution in [1.82, 2.24) is 24.9 Å². The van der Waals surface area contributed by atoms with Gasteiger partial charge in [0, 0.05) is 25.2 Å². The Morgan fingerprint density at radius 2 is 1.53 bits per heavy atom. The van der Waals surface area contributed by atoms with Crippen molar-refractivity contribution in [2.75, 3.05) is 47.9 Å². The number of benzene rings is 2. The predicted molar refractivity (Wildman–Crippen MR) is 227 cm³/mol. The standard InChI is InChI=1S/C46H66N6O6/c1-28(2)35-26-32(43(54)51(8)19-12-18-50(7)20-17-29(3)47)15-16-37(35)52-38(41-39(56-9)13-11-14-40(41)57-10)27-36(49-52)42(53)48-46(44(55)58-45(4,5)6)33-22-30-21-31(24-33)25-34(46)23-30/h11,13-16,26-31,33-34H,12,17-25,47H2,1-10H3,(H,48,53). The van der Waals surface area contributed by atoms with E-state index in [0.29, 0.717) is 52.4 Å². The van der Waals surface area contributed by atoms with Crippen LogP contribution in [0.3, 0.4) is 0 Å². The number of nitrogens with zero attached hydrogens (tertiary/aromatic N) is 4. The molecule has 1 unspecified atom stereocenters. The number of aromatic nitrogens is 2. The fourth-order valence-electron chi connectivity index (χ4n) is 9.87. The molecule has 0 aliphatic heterocycles. The molecule has 2 amide bonds. The summed E-state index contributed by atoms with van der Waals surface area (Å²) < 4.78 is 19.6. The lowest BCUT2D eigenvalue weighted by Crippen LogP contribution is -2.71. The van der Waals surface area contributed by atoms with E-state index in [2.05, 4.69) is 31.1 Å². The number of ether oxygens (including phenoxy) is 3. The summed E-state index contributed by atoms with van der Waals surface area (Å²) in [6.07, 6.45) is 6.56. The molecule has 12 nitrogen and oxygen atoms in total. The third kappa shape index (κ3) is 8.93. The van der Waals surface area contributed by atoms with E-state index in [4.69, 9.17) is 25.0 Å². The van der Waals surface area contributed by atoms with E-state index in [9.17, 15) is 14.4 Å². The number of carbonyl (C=O) groups excluding carboxylic acids is 3. The van der Waals surface area contributed by atoms with Crippen molar-refractivity contribution in [2.45, 2.75) is 110 Å². The molecular formula is C46H66N6O6. The highest BCUT2D eigenvalue weighted by Gasteiger charge is 2.63. The van der Waals surface area contributed by atoms with Gasteiger partial charge in [-0.05, 0) is 164 Å². The summed E-state index contributed by atoms with van der Waals surface area (Å²) >= 11 is 0. The summed E-state index contributed by atoms with van der Waals surface area (Å²) in [5.74, 6) is 1.35. The molecule has 0 spiro atoms. The van der Waals surface area contributed by atoms with Crippen LogP contribution in [-0.4, -0.2) is 102 Å². The van der Waals surface area contributed by atoms with E-state index >= 15 is 0 Å². The Bertz CT molecular complexity index is 1910. The van der Waals surface area contributed by atoms with E-state index in [1.54, 1.807) is 29.9 Å². The van der Waals surface area contributed by atoms with Gasteiger partial charge in [0.2, 0.25) is 0 Å². The van der Waals surface area contributed by atoms with Crippen LogP contribution in [0.4, 0.5) is 0 Å². The molecule has 4 saturated carbocycles. The Morgan fingerprint density at radius 3 is 2.09 bits per heavy atom. The molecule has 1 atom stereocenters. The monoisotopic (exact) mass is 799 g/mol.